The second-order valence-corrected chi connectivity index (χ2v) is 3.92. The van der Waals surface area contributed by atoms with Gasteiger partial charge in [-0.2, -0.15) is 13.1 Å². The van der Waals surface area contributed by atoms with Gasteiger partial charge in [-0.3, -0.25) is 0 Å². The molecule has 0 aliphatic heterocycles. The molecule has 74 valence electrons. The number of ether oxygens (including phenoxy) is 1. The molecule has 0 amide bonds. The first kappa shape index (κ1) is 12.1. The van der Waals surface area contributed by atoms with Gasteiger partial charge in [-0.1, -0.05) is 12.8 Å². The third kappa shape index (κ3) is 6.83. The molecule has 0 atom stereocenters. The molecule has 6 nitrogen and oxygen atoms in total. The smallest absolute Gasteiger partial charge is 0.286 e. The van der Waals surface area contributed by atoms with Crippen LogP contribution in [0.5, 0.6) is 0 Å². The fourth-order valence-electron chi connectivity index (χ4n) is 0.466. The number of hydrogen-bond donors (Lipinski definition) is 4. The third-order valence-electron chi connectivity index (χ3n) is 0.921. The van der Waals surface area contributed by atoms with E-state index in [1.165, 1.54) is 0 Å². The maximum absolute atomic E-state index is 10.7. The average Bonchev–Trinajstić information content (AvgIpc) is 2.04. The molecule has 0 heterocycles. The molecule has 12 heavy (non-hydrogen) atoms. The summed E-state index contributed by atoms with van der Waals surface area (Å²) in [7, 11) is -3.45. The van der Waals surface area contributed by atoms with E-state index >= 15 is 0 Å². The predicted molar refractivity (Wildman–Crippen MR) is 48.9 cm³/mol. The monoisotopic (exact) mass is 215 g/mol. The quantitative estimate of drug-likeness (QED) is 0.299. The van der Waals surface area contributed by atoms with Crippen molar-refractivity contribution >= 4 is 23.0 Å². The van der Waals surface area contributed by atoms with Crippen molar-refractivity contribution in [3.8, 4) is 0 Å². The maximum Gasteiger partial charge on any atom is 0.286 e. The van der Waals surface area contributed by atoms with Crippen LogP contribution in [0, 0.1) is 0 Å². The van der Waals surface area contributed by atoms with Crippen LogP contribution in [0.3, 0.4) is 0 Å². The lowest BCUT2D eigenvalue weighted by atomic mass is 10.7. The molecule has 0 saturated heterocycles. The number of hydrogen-bond acceptors (Lipinski definition) is 5. The van der Waals surface area contributed by atoms with Gasteiger partial charge in [0.15, 0.2) is 0 Å². The second kappa shape index (κ2) is 6.63. The Labute approximate surface area is 77.6 Å². The van der Waals surface area contributed by atoms with Crippen molar-refractivity contribution in [1.82, 2.24) is 8.85 Å². The fourth-order valence-corrected chi connectivity index (χ4v) is 1.08. The van der Waals surface area contributed by atoms with Crippen LogP contribution < -0.4 is 14.6 Å². The third-order valence-corrected chi connectivity index (χ3v) is 2.47. The van der Waals surface area contributed by atoms with Gasteiger partial charge in [0.25, 0.3) is 10.2 Å². The highest BCUT2D eigenvalue weighted by Crippen LogP contribution is 1.78. The molecule has 0 aromatic heterocycles. The first-order chi connectivity index (χ1) is 5.62. The Balaban J connectivity index is 3.32. The molecule has 0 fully saturated rings. The Kier molecular flexibility index (Phi) is 6.71. The lowest BCUT2D eigenvalue weighted by Gasteiger charge is -2.04. The van der Waals surface area contributed by atoms with Crippen LogP contribution in [-0.4, -0.2) is 34.7 Å². The molecule has 0 radical (unpaired) electrons. The minimum atomic E-state index is -3.45. The van der Waals surface area contributed by atoms with Crippen molar-refractivity contribution in [2.45, 2.75) is 0 Å². The van der Waals surface area contributed by atoms with Crippen molar-refractivity contribution in [2.24, 2.45) is 5.73 Å². The standard InChI is InChI=1S/C4H13N3O3S2/c5-1-3-10-4-2-6-12(8,9)7-11/h6-7,11H,1-5H2. The first-order valence-electron chi connectivity index (χ1n) is 3.30. The van der Waals surface area contributed by atoms with Gasteiger partial charge in [0.05, 0.1) is 13.2 Å². The SMILES string of the molecule is NCCOCCNS(=O)(=O)NS. The molecule has 0 aliphatic carbocycles. The molecule has 8 heteroatoms. The van der Waals surface area contributed by atoms with Crippen molar-refractivity contribution < 1.29 is 13.2 Å². The van der Waals surface area contributed by atoms with Gasteiger partial charge in [-0.05, 0) is 0 Å². The van der Waals surface area contributed by atoms with Crippen LogP contribution >= 0.6 is 12.8 Å². The van der Waals surface area contributed by atoms with Crippen LogP contribution in [0.25, 0.3) is 0 Å². The number of rotatable bonds is 7. The summed E-state index contributed by atoms with van der Waals surface area (Å²) in [5, 5.41) is 0. The van der Waals surface area contributed by atoms with Gasteiger partial charge in [0, 0.05) is 13.1 Å². The lowest BCUT2D eigenvalue weighted by Crippen LogP contribution is -2.34. The summed E-state index contributed by atoms with van der Waals surface area (Å²) >= 11 is 3.38. The van der Waals surface area contributed by atoms with E-state index in [4.69, 9.17) is 10.5 Å². The average molecular weight is 215 g/mol. The van der Waals surface area contributed by atoms with E-state index in [9.17, 15) is 8.42 Å². The molecule has 0 rings (SSSR count). The summed E-state index contributed by atoms with van der Waals surface area (Å²) in [4.78, 5) is 0. The summed E-state index contributed by atoms with van der Waals surface area (Å²) in [5.74, 6) is 0. The maximum atomic E-state index is 10.7. The zero-order valence-electron chi connectivity index (χ0n) is 6.49. The van der Waals surface area contributed by atoms with Crippen LogP contribution in [0.15, 0.2) is 0 Å². The Morgan fingerprint density at radius 3 is 2.58 bits per heavy atom. The predicted octanol–water partition coefficient (Wildman–Crippen LogP) is -1.77. The molecule has 0 unspecified atom stereocenters. The highest BCUT2D eigenvalue weighted by molar-refractivity contribution is 7.99. The Morgan fingerprint density at radius 1 is 1.42 bits per heavy atom. The van der Waals surface area contributed by atoms with Crippen molar-refractivity contribution in [3.63, 3.8) is 0 Å². The topological polar surface area (TPSA) is 93.4 Å². The van der Waals surface area contributed by atoms with Crippen molar-refractivity contribution in [3.05, 3.63) is 0 Å². The Hall–Kier alpha value is 0.140. The number of nitrogens with two attached hydrogens (primary N) is 1. The first-order valence-corrected chi connectivity index (χ1v) is 5.23. The van der Waals surface area contributed by atoms with Crippen LogP contribution in [0.2, 0.25) is 0 Å². The lowest BCUT2D eigenvalue weighted by molar-refractivity contribution is 0.147. The molecular weight excluding hydrogens is 202 g/mol. The number of nitrogens with one attached hydrogen (secondary N) is 2. The summed E-state index contributed by atoms with van der Waals surface area (Å²) in [6.07, 6.45) is 0. The van der Waals surface area contributed by atoms with Crippen LogP contribution in [0.1, 0.15) is 0 Å². The molecule has 0 saturated carbocycles. The van der Waals surface area contributed by atoms with E-state index in [0.717, 1.165) is 0 Å². The van der Waals surface area contributed by atoms with E-state index in [0.29, 0.717) is 19.8 Å². The van der Waals surface area contributed by atoms with E-state index in [1.807, 2.05) is 4.13 Å². The van der Waals surface area contributed by atoms with Gasteiger partial charge >= 0.3 is 0 Å². The molecule has 0 aromatic rings. The summed E-state index contributed by atoms with van der Waals surface area (Å²) in [6.45, 7) is 1.36. The normalized spacial score (nSPS) is 11.8. The van der Waals surface area contributed by atoms with Gasteiger partial charge in [0.1, 0.15) is 0 Å². The highest BCUT2D eigenvalue weighted by Gasteiger charge is 2.03. The zero-order chi connectivity index (χ0) is 9.45. The van der Waals surface area contributed by atoms with Crippen molar-refractivity contribution in [1.29, 1.82) is 0 Å². The van der Waals surface area contributed by atoms with E-state index in [2.05, 4.69) is 17.5 Å². The van der Waals surface area contributed by atoms with Crippen LogP contribution in [0.4, 0.5) is 0 Å². The molecule has 0 aliphatic rings. The summed E-state index contributed by atoms with van der Waals surface area (Å²) < 4.78 is 30.2. The van der Waals surface area contributed by atoms with Crippen LogP contribution in [-0.2, 0) is 14.9 Å². The largest absolute Gasteiger partial charge is 0.379 e. The van der Waals surface area contributed by atoms with E-state index in [-0.39, 0.29) is 6.54 Å². The molecular formula is C4H13N3O3S2. The second-order valence-electron chi connectivity index (χ2n) is 1.89. The molecule has 4 N–H and O–H groups in total. The number of thiol groups is 1. The Bertz CT molecular complexity index is 194. The molecule has 0 spiro atoms. The van der Waals surface area contributed by atoms with E-state index in [1.54, 1.807) is 0 Å². The fraction of sp³-hybridized carbons (Fsp3) is 1.00. The van der Waals surface area contributed by atoms with Gasteiger partial charge in [-0.25, -0.2) is 0 Å². The summed E-state index contributed by atoms with van der Waals surface area (Å²) in [5.41, 5.74) is 5.13. The van der Waals surface area contributed by atoms with Gasteiger partial charge in [-0.15, -0.1) is 4.13 Å². The minimum absolute atomic E-state index is 0.204. The zero-order valence-corrected chi connectivity index (χ0v) is 8.20. The molecule has 0 aromatic carbocycles. The van der Waals surface area contributed by atoms with Gasteiger partial charge < -0.3 is 10.5 Å². The minimum Gasteiger partial charge on any atom is -0.379 e. The Morgan fingerprint density at radius 2 is 2.08 bits per heavy atom. The van der Waals surface area contributed by atoms with E-state index < -0.39 is 10.2 Å². The molecule has 0 bridgehead atoms. The summed E-state index contributed by atoms with van der Waals surface area (Å²) in [6, 6.07) is 0. The van der Waals surface area contributed by atoms with Gasteiger partial charge in [0.2, 0.25) is 0 Å². The van der Waals surface area contributed by atoms with Crippen molar-refractivity contribution in [2.75, 3.05) is 26.3 Å². The highest BCUT2D eigenvalue weighted by atomic mass is 32.3.